The number of nitrogens with zero attached hydrogens (tertiary/aromatic N) is 1. The number of carbonyl (C=O) groups is 3. The summed E-state index contributed by atoms with van der Waals surface area (Å²) in [7, 11) is 3.12. The van der Waals surface area contributed by atoms with Gasteiger partial charge in [0.25, 0.3) is 0 Å². The quantitative estimate of drug-likeness (QED) is 0.488. The van der Waals surface area contributed by atoms with Crippen LogP contribution in [0.4, 0.5) is 10.5 Å². The van der Waals surface area contributed by atoms with Gasteiger partial charge >= 0.3 is 12.0 Å². The number of esters is 1. The topological polar surface area (TPSA) is 97.0 Å². The number of nitrogens with one attached hydrogen (secondary N) is 2. The van der Waals surface area contributed by atoms with E-state index in [4.69, 9.17) is 9.47 Å². The van der Waals surface area contributed by atoms with Gasteiger partial charge in [0, 0.05) is 32.0 Å². The van der Waals surface area contributed by atoms with E-state index in [0.717, 1.165) is 18.4 Å². The lowest BCUT2D eigenvalue weighted by molar-refractivity contribution is -0.140. The van der Waals surface area contributed by atoms with Crippen LogP contribution in [0.5, 0.6) is 0 Å². The highest BCUT2D eigenvalue weighted by Crippen LogP contribution is 2.31. The number of urea groups is 1. The van der Waals surface area contributed by atoms with E-state index in [1.54, 1.807) is 38.2 Å². The van der Waals surface area contributed by atoms with Gasteiger partial charge < -0.3 is 25.0 Å². The molecule has 0 fully saturated rings. The van der Waals surface area contributed by atoms with Crippen LogP contribution >= 0.6 is 0 Å². The van der Waals surface area contributed by atoms with Crippen LogP contribution in [0.25, 0.3) is 0 Å². The lowest BCUT2D eigenvalue weighted by Crippen LogP contribution is -2.46. The van der Waals surface area contributed by atoms with E-state index >= 15 is 0 Å². The second kappa shape index (κ2) is 10.6. The highest BCUT2D eigenvalue weighted by molar-refractivity contribution is 5.95. The molecule has 0 spiro atoms. The van der Waals surface area contributed by atoms with Crippen molar-refractivity contribution in [2.24, 2.45) is 0 Å². The highest BCUT2D eigenvalue weighted by atomic mass is 16.6. The number of hydrogen-bond donors (Lipinski definition) is 2. The molecule has 1 aromatic rings. The van der Waals surface area contributed by atoms with Crippen LogP contribution in [0.15, 0.2) is 35.5 Å². The molecule has 1 aliphatic heterocycles. The summed E-state index contributed by atoms with van der Waals surface area (Å²) in [5.74, 6) is -0.543. The average Bonchev–Trinajstić information content (AvgIpc) is 2.71. The zero-order chi connectivity index (χ0) is 21.4. The maximum absolute atomic E-state index is 12.7. The number of methoxy groups -OCH3 is 1. The number of amides is 3. The first-order valence-corrected chi connectivity index (χ1v) is 9.69. The zero-order valence-corrected chi connectivity index (χ0v) is 17.4. The molecule has 2 N–H and O–H groups in total. The van der Waals surface area contributed by atoms with Crippen molar-refractivity contribution in [1.82, 2.24) is 10.2 Å². The summed E-state index contributed by atoms with van der Waals surface area (Å²) in [6.45, 7) is 4.16. The van der Waals surface area contributed by atoms with Crippen LogP contribution in [-0.2, 0) is 19.1 Å². The number of unbranched alkanes of at least 4 members (excludes halogenated alkanes) is 1. The van der Waals surface area contributed by atoms with Crippen LogP contribution in [0.3, 0.4) is 0 Å². The summed E-state index contributed by atoms with van der Waals surface area (Å²) >= 11 is 0. The second-order valence-electron chi connectivity index (χ2n) is 6.84. The fraction of sp³-hybridized carbons (Fsp3) is 0.476. The normalized spacial score (nSPS) is 16.5. The number of hydrogen-bond acceptors (Lipinski definition) is 5. The van der Waals surface area contributed by atoms with Crippen molar-refractivity contribution in [3.8, 4) is 0 Å². The number of rotatable bonds is 9. The van der Waals surface area contributed by atoms with Crippen LogP contribution < -0.4 is 10.6 Å². The molecule has 3 amide bonds. The van der Waals surface area contributed by atoms with Gasteiger partial charge in [0.15, 0.2) is 0 Å². The third kappa shape index (κ3) is 5.80. The summed E-state index contributed by atoms with van der Waals surface area (Å²) in [6, 6.07) is 6.12. The predicted octanol–water partition coefficient (Wildman–Crippen LogP) is 2.98. The van der Waals surface area contributed by atoms with E-state index in [2.05, 4.69) is 10.6 Å². The molecule has 158 valence electrons. The van der Waals surface area contributed by atoms with E-state index in [1.165, 1.54) is 12.0 Å². The summed E-state index contributed by atoms with van der Waals surface area (Å²) in [4.78, 5) is 38.2. The molecule has 0 saturated heterocycles. The van der Waals surface area contributed by atoms with Crippen molar-refractivity contribution in [1.29, 1.82) is 0 Å². The maximum Gasteiger partial charge on any atom is 0.338 e. The average molecular weight is 403 g/mol. The zero-order valence-electron chi connectivity index (χ0n) is 17.4. The molecule has 2 rings (SSSR count). The largest absolute Gasteiger partial charge is 0.460 e. The molecule has 8 heteroatoms. The first-order chi connectivity index (χ1) is 13.9. The molecule has 0 saturated carbocycles. The monoisotopic (exact) mass is 403 g/mol. The Labute approximate surface area is 171 Å². The third-order valence-corrected chi connectivity index (χ3v) is 4.78. The lowest BCUT2D eigenvalue weighted by atomic mass is 9.95. The molecular formula is C21H29N3O5. The fourth-order valence-electron chi connectivity index (χ4n) is 2.97. The number of carbonyl (C=O) groups excluding carboxylic acids is 3. The van der Waals surface area contributed by atoms with Crippen molar-refractivity contribution in [2.75, 3.05) is 32.7 Å². The van der Waals surface area contributed by atoms with Gasteiger partial charge in [-0.2, -0.15) is 0 Å². The van der Waals surface area contributed by atoms with E-state index in [-0.39, 0.29) is 25.2 Å². The van der Waals surface area contributed by atoms with E-state index in [0.29, 0.717) is 23.4 Å². The van der Waals surface area contributed by atoms with E-state index < -0.39 is 12.0 Å². The van der Waals surface area contributed by atoms with Gasteiger partial charge in [-0.25, -0.2) is 9.59 Å². The van der Waals surface area contributed by atoms with Gasteiger partial charge in [0.05, 0.1) is 18.2 Å². The molecule has 8 nitrogen and oxygen atoms in total. The molecule has 1 heterocycles. The number of anilines is 1. The van der Waals surface area contributed by atoms with Gasteiger partial charge in [-0.3, -0.25) is 4.79 Å². The van der Waals surface area contributed by atoms with Gasteiger partial charge in [0.2, 0.25) is 5.91 Å². The Morgan fingerprint density at radius 2 is 1.90 bits per heavy atom. The van der Waals surface area contributed by atoms with Crippen LogP contribution in [0.2, 0.25) is 0 Å². The Morgan fingerprint density at radius 3 is 2.52 bits per heavy atom. The molecule has 0 aromatic heterocycles. The molecular weight excluding hydrogens is 374 g/mol. The van der Waals surface area contributed by atoms with Crippen molar-refractivity contribution >= 4 is 23.6 Å². The van der Waals surface area contributed by atoms with Crippen molar-refractivity contribution in [2.45, 2.75) is 39.2 Å². The van der Waals surface area contributed by atoms with Gasteiger partial charge in [-0.1, -0.05) is 25.5 Å². The fourth-order valence-corrected chi connectivity index (χ4v) is 2.97. The smallest absolute Gasteiger partial charge is 0.338 e. The Kier molecular flexibility index (Phi) is 8.21. The summed E-state index contributed by atoms with van der Waals surface area (Å²) in [5.41, 5.74) is 2.27. The predicted molar refractivity (Wildman–Crippen MR) is 109 cm³/mol. The third-order valence-electron chi connectivity index (χ3n) is 4.78. The summed E-state index contributed by atoms with van der Waals surface area (Å²) in [6.07, 6.45) is 2.27. The van der Waals surface area contributed by atoms with Crippen LogP contribution in [0.1, 0.15) is 44.7 Å². The minimum Gasteiger partial charge on any atom is -0.460 e. The minimum atomic E-state index is -0.640. The van der Waals surface area contributed by atoms with Gasteiger partial charge in [-0.15, -0.1) is 0 Å². The van der Waals surface area contributed by atoms with E-state index in [9.17, 15) is 14.4 Å². The highest BCUT2D eigenvalue weighted by Gasteiger charge is 2.35. The van der Waals surface area contributed by atoms with Crippen LogP contribution in [-0.4, -0.2) is 50.2 Å². The summed E-state index contributed by atoms with van der Waals surface area (Å²) in [5, 5.41) is 5.68. The van der Waals surface area contributed by atoms with Gasteiger partial charge in [0.1, 0.15) is 6.61 Å². The Balaban J connectivity index is 2.22. The number of allylic oxidation sites excluding steroid dienone is 1. The molecule has 1 aromatic carbocycles. The molecule has 0 aliphatic carbocycles. The van der Waals surface area contributed by atoms with Crippen molar-refractivity contribution in [3.05, 3.63) is 41.1 Å². The first kappa shape index (κ1) is 22.4. The molecule has 0 radical (unpaired) electrons. The molecule has 0 bridgehead atoms. The Bertz CT molecular complexity index is 773. The number of benzene rings is 1. The second-order valence-corrected chi connectivity index (χ2v) is 6.84. The number of ether oxygens (including phenoxy) is 2. The Hall–Kier alpha value is -2.87. The van der Waals surface area contributed by atoms with Crippen molar-refractivity contribution < 1.29 is 23.9 Å². The van der Waals surface area contributed by atoms with Crippen LogP contribution in [0, 0.1) is 0 Å². The molecule has 0 unspecified atom stereocenters. The standard InChI is InChI=1S/C21H29N3O5/c1-5-6-7-17(25)22-16-10-8-15(9-11-16)19-18(20(26)29-13-12-28-4)14(2)24(3)21(27)23-19/h8-11,19H,5-7,12-13H2,1-4H3,(H,22,25)(H,23,27)/t19-/m1/s1. The minimum absolute atomic E-state index is 0.0367. The maximum atomic E-state index is 12.7. The molecule has 1 aliphatic rings. The molecule has 29 heavy (non-hydrogen) atoms. The lowest BCUT2D eigenvalue weighted by Gasteiger charge is -2.33. The SMILES string of the molecule is CCCCC(=O)Nc1ccc([C@H]2NC(=O)N(C)C(C)=C2C(=O)OCCOC)cc1. The van der Waals surface area contributed by atoms with Crippen molar-refractivity contribution in [3.63, 3.8) is 0 Å². The van der Waals surface area contributed by atoms with E-state index in [1.807, 2.05) is 6.92 Å². The summed E-state index contributed by atoms with van der Waals surface area (Å²) < 4.78 is 10.2. The first-order valence-electron chi connectivity index (χ1n) is 9.69. The molecule has 1 atom stereocenters. The van der Waals surface area contributed by atoms with Gasteiger partial charge in [-0.05, 0) is 31.0 Å². The Morgan fingerprint density at radius 1 is 1.21 bits per heavy atom.